The number of nitrogens with two attached hydrogens (primary N) is 2. The molecule has 0 saturated carbocycles. The Bertz CT molecular complexity index is 194. The molecule has 0 spiro atoms. The number of hydrogen-bond acceptors (Lipinski definition) is 4. The minimum absolute atomic E-state index is 0.0946. The third-order valence-corrected chi connectivity index (χ3v) is 1.86. The molecule has 0 bridgehead atoms. The van der Waals surface area contributed by atoms with E-state index >= 15 is 0 Å². The zero-order chi connectivity index (χ0) is 10.8. The fraction of sp³-hybridized carbons (Fsp3) is 0.714. The van der Waals surface area contributed by atoms with Gasteiger partial charge < -0.3 is 20.9 Å². The van der Waals surface area contributed by atoms with Crippen LogP contribution in [-0.4, -0.2) is 43.8 Å². The summed E-state index contributed by atoms with van der Waals surface area (Å²) in [6.45, 7) is 1.69. The van der Waals surface area contributed by atoms with E-state index in [-0.39, 0.29) is 11.1 Å². The lowest BCUT2D eigenvalue weighted by molar-refractivity contribution is 0.0790. The minimum Gasteiger partial charge on any atom is -0.382 e. The van der Waals surface area contributed by atoms with E-state index in [0.717, 1.165) is 0 Å². The molecular weight excluding hydrogens is 204 g/mol. The SMILES string of the molecule is COCCOCCSC(=N)N=C(N)N. The van der Waals surface area contributed by atoms with Crippen LogP contribution in [0.25, 0.3) is 0 Å². The number of guanidine groups is 1. The molecule has 7 heteroatoms. The van der Waals surface area contributed by atoms with Crippen LogP contribution in [0.3, 0.4) is 0 Å². The van der Waals surface area contributed by atoms with Crippen molar-refractivity contribution in [2.75, 3.05) is 32.7 Å². The summed E-state index contributed by atoms with van der Waals surface area (Å²) in [4.78, 5) is 3.55. The van der Waals surface area contributed by atoms with Gasteiger partial charge in [-0.05, 0) is 0 Å². The van der Waals surface area contributed by atoms with Gasteiger partial charge in [-0.25, -0.2) is 0 Å². The molecule has 5 N–H and O–H groups in total. The molecule has 0 aromatic carbocycles. The Morgan fingerprint density at radius 1 is 1.36 bits per heavy atom. The highest BCUT2D eigenvalue weighted by Crippen LogP contribution is 2.02. The highest BCUT2D eigenvalue weighted by molar-refractivity contribution is 8.13. The van der Waals surface area contributed by atoms with Crippen LogP contribution in [-0.2, 0) is 9.47 Å². The number of nitrogens with zero attached hydrogens (tertiary/aromatic N) is 1. The van der Waals surface area contributed by atoms with Gasteiger partial charge in [-0.15, -0.1) is 0 Å². The van der Waals surface area contributed by atoms with E-state index in [1.165, 1.54) is 11.8 Å². The Morgan fingerprint density at radius 3 is 2.64 bits per heavy atom. The molecule has 0 fully saturated rings. The standard InChI is InChI=1S/C7H16N4O2S/c1-12-2-3-13-4-5-14-7(10)11-6(8)9/h2-5H2,1H3,(H5,8,9,10,11). The maximum atomic E-state index is 7.27. The Balaban J connectivity index is 3.28. The van der Waals surface area contributed by atoms with Crippen LogP contribution in [0.15, 0.2) is 4.99 Å². The van der Waals surface area contributed by atoms with Gasteiger partial charge in [0.2, 0.25) is 0 Å². The second kappa shape index (κ2) is 8.79. The molecule has 0 radical (unpaired) electrons. The Morgan fingerprint density at radius 2 is 2.07 bits per heavy atom. The van der Waals surface area contributed by atoms with Crippen molar-refractivity contribution in [1.82, 2.24) is 0 Å². The van der Waals surface area contributed by atoms with Crippen molar-refractivity contribution in [3.8, 4) is 0 Å². The molecule has 6 nitrogen and oxygen atoms in total. The van der Waals surface area contributed by atoms with Crippen molar-refractivity contribution in [3.63, 3.8) is 0 Å². The molecule has 0 aliphatic heterocycles. The van der Waals surface area contributed by atoms with Gasteiger partial charge in [-0.1, -0.05) is 11.8 Å². The van der Waals surface area contributed by atoms with Gasteiger partial charge in [-0.3, -0.25) is 5.41 Å². The normalized spacial score (nSPS) is 9.79. The maximum Gasteiger partial charge on any atom is 0.193 e. The van der Waals surface area contributed by atoms with Gasteiger partial charge >= 0.3 is 0 Å². The second-order valence-electron chi connectivity index (χ2n) is 2.30. The number of ether oxygens (including phenoxy) is 2. The van der Waals surface area contributed by atoms with Crippen LogP contribution in [0, 0.1) is 5.41 Å². The van der Waals surface area contributed by atoms with Gasteiger partial charge in [0.15, 0.2) is 11.1 Å². The summed E-state index contributed by atoms with van der Waals surface area (Å²) in [7, 11) is 1.62. The highest BCUT2D eigenvalue weighted by atomic mass is 32.2. The zero-order valence-electron chi connectivity index (χ0n) is 8.16. The summed E-state index contributed by atoms with van der Waals surface area (Å²) in [5.41, 5.74) is 10.2. The lowest BCUT2D eigenvalue weighted by atomic mass is 10.7. The summed E-state index contributed by atoms with van der Waals surface area (Å²) in [6, 6.07) is 0. The first-order chi connectivity index (χ1) is 6.66. The number of amidine groups is 1. The molecule has 82 valence electrons. The molecule has 14 heavy (non-hydrogen) atoms. The summed E-state index contributed by atoms with van der Waals surface area (Å²) in [5, 5.41) is 7.37. The van der Waals surface area contributed by atoms with Crippen molar-refractivity contribution in [1.29, 1.82) is 5.41 Å². The Hall–Kier alpha value is -0.790. The zero-order valence-corrected chi connectivity index (χ0v) is 8.97. The van der Waals surface area contributed by atoms with Gasteiger partial charge in [0.05, 0.1) is 19.8 Å². The van der Waals surface area contributed by atoms with E-state index in [9.17, 15) is 0 Å². The number of hydrogen-bond donors (Lipinski definition) is 3. The number of aliphatic imine (C=N–C) groups is 1. The van der Waals surface area contributed by atoms with E-state index in [1.807, 2.05) is 0 Å². The molecule has 0 aromatic heterocycles. The van der Waals surface area contributed by atoms with Crippen molar-refractivity contribution >= 4 is 22.9 Å². The van der Waals surface area contributed by atoms with Gasteiger partial charge in [0.1, 0.15) is 0 Å². The van der Waals surface area contributed by atoms with Gasteiger partial charge in [-0.2, -0.15) is 4.99 Å². The largest absolute Gasteiger partial charge is 0.382 e. The third kappa shape index (κ3) is 9.30. The van der Waals surface area contributed by atoms with Gasteiger partial charge in [0, 0.05) is 12.9 Å². The predicted octanol–water partition coefficient (Wildman–Crippen LogP) is -0.409. The molecule has 0 amide bonds. The average molecular weight is 220 g/mol. The Labute approximate surface area is 87.5 Å². The lowest BCUT2D eigenvalue weighted by Crippen LogP contribution is -2.23. The van der Waals surface area contributed by atoms with Crippen molar-refractivity contribution < 1.29 is 9.47 Å². The highest BCUT2D eigenvalue weighted by Gasteiger charge is 1.95. The van der Waals surface area contributed by atoms with E-state index in [1.54, 1.807) is 7.11 Å². The lowest BCUT2D eigenvalue weighted by Gasteiger charge is -2.02. The molecule has 0 saturated heterocycles. The van der Waals surface area contributed by atoms with E-state index in [4.69, 9.17) is 26.4 Å². The predicted molar refractivity (Wildman–Crippen MR) is 58.7 cm³/mol. The number of nitrogens with one attached hydrogen (secondary N) is 1. The fourth-order valence-electron chi connectivity index (χ4n) is 0.591. The van der Waals surface area contributed by atoms with Gasteiger partial charge in [0.25, 0.3) is 0 Å². The maximum absolute atomic E-state index is 7.27. The minimum atomic E-state index is -0.0946. The van der Waals surface area contributed by atoms with E-state index < -0.39 is 0 Å². The molecule has 0 heterocycles. The monoisotopic (exact) mass is 220 g/mol. The molecule has 0 aliphatic carbocycles. The average Bonchev–Trinajstić information content (AvgIpc) is 2.10. The van der Waals surface area contributed by atoms with Crippen LogP contribution in [0.2, 0.25) is 0 Å². The van der Waals surface area contributed by atoms with Crippen LogP contribution in [0.1, 0.15) is 0 Å². The summed E-state index contributed by atoms with van der Waals surface area (Å²) >= 11 is 1.23. The first kappa shape index (κ1) is 13.2. The molecule has 0 unspecified atom stereocenters. The topological polar surface area (TPSA) is 107 Å². The van der Waals surface area contributed by atoms with Crippen LogP contribution >= 0.6 is 11.8 Å². The first-order valence-electron chi connectivity index (χ1n) is 4.04. The fourth-order valence-corrected chi connectivity index (χ4v) is 1.16. The quantitative estimate of drug-likeness (QED) is 0.320. The number of rotatable bonds is 6. The summed E-state index contributed by atoms with van der Waals surface area (Å²) < 4.78 is 9.97. The number of thioether (sulfide) groups is 1. The molecule has 0 aromatic rings. The van der Waals surface area contributed by atoms with E-state index in [2.05, 4.69) is 4.99 Å². The number of methoxy groups -OCH3 is 1. The van der Waals surface area contributed by atoms with Crippen LogP contribution < -0.4 is 11.5 Å². The summed E-state index contributed by atoms with van der Waals surface area (Å²) in [5.74, 6) is 0.557. The molecule has 0 aliphatic rings. The Kier molecular flexibility index (Phi) is 8.30. The molecule has 0 rings (SSSR count). The smallest absolute Gasteiger partial charge is 0.193 e. The van der Waals surface area contributed by atoms with Crippen molar-refractivity contribution in [2.24, 2.45) is 16.5 Å². The van der Waals surface area contributed by atoms with Crippen molar-refractivity contribution in [2.45, 2.75) is 0 Å². The van der Waals surface area contributed by atoms with Crippen molar-refractivity contribution in [3.05, 3.63) is 0 Å². The molecular formula is C7H16N4O2S. The molecule has 0 atom stereocenters. The first-order valence-corrected chi connectivity index (χ1v) is 5.03. The summed E-state index contributed by atoms with van der Waals surface area (Å²) in [6.07, 6.45) is 0. The van der Waals surface area contributed by atoms with Crippen LogP contribution in [0.5, 0.6) is 0 Å². The van der Waals surface area contributed by atoms with Crippen LogP contribution in [0.4, 0.5) is 0 Å². The third-order valence-electron chi connectivity index (χ3n) is 1.13. The second-order valence-corrected chi connectivity index (χ2v) is 3.38. The van der Waals surface area contributed by atoms with E-state index in [0.29, 0.717) is 25.6 Å².